The van der Waals surface area contributed by atoms with E-state index < -0.39 is 0 Å². The van der Waals surface area contributed by atoms with Gasteiger partial charge in [0, 0.05) is 40.1 Å². The number of benzene rings is 2. The van der Waals surface area contributed by atoms with Crippen LogP contribution in [0, 0.1) is 0 Å². The normalized spacial score (nSPS) is 10.1. The van der Waals surface area contributed by atoms with Gasteiger partial charge in [0.25, 0.3) is 0 Å². The first-order valence-electron chi connectivity index (χ1n) is 8.51. The van der Waals surface area contributed by atoms with Crippen LogP contribution in [-0.4, -0.2) is 15.1 Å². The van der Waals surface area contributed by atoms with Crippen LogP contribution in [0.15, 0.2) is 60.9 Å². The maximum absolute atomic E-state index is 8.94. The minimum absolute atomic E-state index is 0.106. The molecule has 0 unspecified atom stereocenters. The highest BCUT2D eigenvalue weighted by molar-refractivity contribution is 6.18. The molecular formula is C21H25ClN2O. The Morgan fingerprint density at radius 2 is 1.28 bits per heavy atom. The van der Waals surface area contributed by atoms with Gasteiger partial charge in [-0.05, 0) is 35.4 Å². The summed E-state index contributed by atoms with van der Waals surface area (Å²) in [5.74, 6) is 0.579. The Hall–Kier alpha value is -2.23. The lowest BCUT2D eigenvalue weighted by molar-refractivity contribution is 0.283. The van der Waals surface area contributed by atoms with E-state index in [4.69, 9.17) is 16.7 Å². The first-order chi connectivity index (χ1) is 12.2. The van der Waals surface area contributed by atoms with Crippen molar-refractivity contribution in [2.45, 2.75) is 32.8 Å². The average Bonchev–Trinajstić information content (AvgIpc) is 3.31. The zero-order valence-corrected chi connectivity index (χ0v) is 15.5. The molecule has 0 saturated carbocycles. The molecule has 0 fully saturated rings. The van der Waals surface area contributed by atoms with Crippen molar-refractivity contribution in [1.29, 1.82) is 0 Å². The number of alkyl halides is 1. The van der Waals surface area contributed by atoms with Crippen molar-refractivity contribution in [2.24, 2.45) is 0 Å². The molecule has 3 N–H and O–H groups in total. The fraction of sp³-hybridized carbons (Fsp3) is 0.238. The number of aromatic amines is 2. The standard InChI is InChI=1S/C9H8ClN.C9H9NO.C3H8/c10-6-7-2-1-3-9-8(7)4-5-11-9;11-6-7-2-1-3-9-8(7)4-5-10-9;1-3-2/h1-5,11H,6H2;1-5,10-11H,6H2;3H2,1-2H3. The molecule has 0 saturated heterocycles. The second-order valence-electron chi connectivity index (χ2n) is 5.71. The first kappa shape index (κ1) is 19.1. The third-order valence-corrected chi connectivity index (χ3v) is 3.97. The number of fused-ring (bicyclic) bond motifs is 2. The van der Waals surface area contributed by atoms with Crippen molar-refractivity contribution < 1.29 is 5.11 Å². The van der Waals surface area contributed by atoms with Crippen molar-refractivity contribution in [2.75, 3.05) is 0 Å². The average molecular weight is 357 g/mol. The second kappa shape index (κ2) is 9.92. The van der Waals surface area contributed by atoms with Gasteiger partial charge in [-0.25, -0.2) is 0 Å². The molecule has 4 rings (SSSR count). The maximum Gasteiger partial charge on any atom is 0.0688 e. The van der Waals surface area contributed by atoms with Gasteiger partial charge < -0.3 is 15.1 Å². The van der Waals surface area contributed by atoms with Gasteiger partial charge in [-0.2, -0.15) is 0 Å². The smallest absolute Gasteiger partial charge is 0.0688 e. The lowest BCUT2D eigenvalue weighted by Crippen LogP contribution is -1.81. The van der Waals surface area contributed by atoms with E-state index in [2.05, 4.69) is 23.8 Å². The third kappa shape index (κ3) is 4.88. The van der Waals surface area contributed by atoms with Gasteiger partial charge in [-0.1, -0.05) is 44.5 Å². The van der Waals surface area contributed by atoms with Crippen molar-refractivity contribution in [1.82, 2.24) is 9.97 Å². The van der Waals surface area contributed by atoms with Crippen LogP contribution in [-0.2, 0) is 12.5 Å². The maximum atomic E-state index is 8.94. The fourth-order valence-electron chi connectivity index (χ4n) is 2.56. The Morgan fingerprint density at radius 3 is 1.76 bits per heavy atom. The molecule has 0 aliphatic rings. The number of H-pyrrole nitrogens is 2. The molecule has 0 radical (unpaired) electrons. The van der Waals surface area contributed by atoms with Crippen LogP contribution in [0.3, 0.4) is 0 Å². The van der Waals surface area contributed by atoms with E-state index in [-0.39, 0.29) is 6.61 Å². The van der Waals surface area contributed by atoms with Crippen LogP contribution in [0.4, 0.5) is 0 Å². The van der Waals surface area contributed by atoms with E-state index in [1.54, 1.807) is 0 Å². The van der Waals surface area contributed by atoms with Crippen LogP contribution < -0.4 is 0 Å². The molecule has 0 bridgehead atoms. The molecule has 2 aromatic carbocycles. The molecule has 0 aliphatic carbocycles. The molecule has 0 amide bonds. The second-order valence-corrected chi connectivity index (χ2v) is 5.98. The lowest BCUT2D eigenvalue weighted by atomic mass is 10.1. The molecule has 25 heavy (non-hydrogen) atoms. The highest BCUT2D eigenvalue weighted by Crippen LogP contribution is 2.18. The van der Waals surface area contributed by atoms with E-state index >= 15 is 0 Å². The summed E-state index contributed by atoms with van der Waals surface area (Å²) in [6, 6.07) is 16.0. The third-order valence-electron chi connectivity index (χ3n) is 3.68. The largest absolute Gasteiger partial charge is 0.392 e. The Morgan fingerprint density at radius 1 is 0.800 bits per heavy atom. The van der Waals surface area contributed by atoms with E-state index in [1.165, 1.54) is 17.4 Å². The van der Waals surface area contributed by atoms with Crippen LogP contribution in [0.25, 0.3) is 21.8 Å². The number of nitrogens with one attached hydrogen (secondary N) is 2. The molecule has 0 aliphatic heterocycles. The topological polar surface area (TPSA) is 51.8 Å². The molecule has 3 nitrogen and oxygen atoms in total. The van der Waals surface area contributed by atoms with Gasteiger partial charge in [0.2, 0.25) is 0 Å². The number of halogens is 1. The number of hydrogen-bond donors (Lipinski definition) is 3. The summed E-state index contributed by atoms with van der Waals surface area (Å²) in [7, 11) is 0. The number of aliphatic hydroxyl groups is 1. The Bertz CT molecular complexity index is 821. The minimum Gasteiger partial charge on any atom is -0.392 e. The summed E-state index contributed by atoms with van der Waals surface area (Å²) >= 11 is 5.75. The summed E-state index contributed by atoms with van der Waals surface area (Å²) in [5, 5.41) is 11.3. The van der Waals surface area contributed by atoms with Gasteiger partial charge in [0.15, 0.2) is 0 Å². The predicted octanol–water partition coefficient (Wildman–Crippen LogP) is 5.98. The Balaban J connectivity index is 0.000000156. The van der Waals surface area contributed by atoms with Crippen LogP contribution in [0.5, 0.6) is 0 Å². The zero-order valence-electron chi connectivity index (χ0n) is 14.7. The van der Waals surface area contributed by atoms with Crippen molar-refractivity contribution in [3.63, 3.8) is 0 Å². The van der Waals surface area contributed by atoms with Gasteiger partial charge in [-0.3, -0.25) is 0 Å². The summed E-state index contributed by atoms with van der Waals surface area (Å²) in [5.41, 5.74) is 4.40. The SMILES string of the molecule is CCC.ClCc1cccc2[nH]ccc12.OCc1cccc2[nH]ccc12. The number of hydrogen-bond acceptors (Lipinski definition) is 1. The summed E-state index contributed by atoms with van der Waals surface area (Å²) in [4.78, 5) is 6.22. The molecule has 132 valence electrons. The fourth-order valence-corrected chi connectivity index (χ4v) is 2.79. The van der Waals surface area contributed by atoms with Crippen LogP contribution in [0.1, 0.15) is 31.4 Å². The van der Waals surface area contributed by atoms with Gasteiger partial charge in [-0.15, -0.1) is 11.6 Å². The Labute approximate surface area is 153 Å². The van der Waals surface area contributed by atoms with Crippen LogP contribution in [0.2, 0.25) is 0 Å². The molecular weight excluding hydrogens is 332 g/mol. The summed E-state index contributed by atoms with van der Waals surface area (Å²) < 4.78 is 0. The first-order valence-corrected chi connectivity index (χ1v) is 9.05. The van der Waals surface area contributed by atoms with Crippen molar-refractivity contribution in [3.8, 4) is 0 Å². The molecule has 4 heteroatoms. The molecule has 0 spiro atoms. The van der Waals surface area contributed by atoms with Gasteiger partial charge in [0.05, 0.1) is 6.61 Å². The molecule has 2 heterocycles. The lowest BCUT2D eigenvalue weighted by Gasteiger charge is -1.96. The predicted molar refractivity (Wildman–Crippen MR) is 108 cm³/mol. The van der Waals surface area contributed by atoms with Crippen LogP contribution >= 0.6 is 11.6 Å². The number of aliphatic hydroxyl groups excluding tert-OH is 1. The summed E-state index contributed by atoms with van der Waals surface area (Å²) in [6.45, 7) is 4.36. The summed E-state index contributed by atoms with van der Waals surface area (Å²) in [6.07, 6.45) is 5.06. The highest BCUT2D eigenvalue weighted by Gasteiger charge is 1.98. The van der Waals surface area contributed by atoms with E-state index in [0.29, 0.717) is 5.88 Å². The van der Waals surface area contributed by atoms with E-state index in [9.17, 15) is 0 Å². The van der Waals surface area contributed by atoms with Crippen molar-refractivity contribution in [3.05, 3.63) is 72.1 Å². The molecule has 0 atom stereocenters. The quantitative estimate of drug-likeness (QED) is 0.380. The highest BCUT2D eigenvalue weighted by atomic mass is 35.5. The monoisotopic (exact) mass is 356 g/mol. The number of rotatable bonds is 2. The number of aromatic nitrogens is 2. The Kier molecular flexibility index (Phi) is 7.58. The van der Waals surface area contributed by atoms with Gasteiger partial charge in [0.1, 0.15) is 0 Å². The molecule has 2 aromatic heterocycles. The van der Waals surface area contributed by atoms with E-state index in [0.717, 1.165) is 22.0 Å². The van der Waals surface area contributed by atoms with Crippen molar-refractivity contribution >= 4 is 33.4 Å². The zero-order chi connectivity index (χ0) is 18.1. The minimum atomic E-state index is 0.106. The van der Waals surface area contributed by atoms with Gasteiger partial charge >= 0.3 is 0 Å². The molecule has 4 aromatic rings. The van der Waals surface area contributed by atoms with E-state index in [1.807, 2.05) is 60.9 Å².